The Balaban J connectivity index is 1.49. The van der Waals surface area contributed by atoms with E-state index in [2.05, 4.69) is 26.3 Å². The molecule has 0 aliphatic carbocycles. The topological polar surface area (TPSA) is 41.1 Å². The molecule has 4 rings (SSSR count). The molecule has 0 amide bonds. The second-order valence-corrected chi connectivity index (χ2v) is 6.76. The van der Waals surface area contributed by atoms with Gasteiger partial charge in [0, 0.05) is 31.9 Å². The summed E-state index contributed by atoms with van der Waals surface area (Å²) in [6.07, 6.45) is 2.67. The van der Waals surface area contributed by atoms with Crippen LogP contribution in [-0.4, -0.2) is 35.6 Å². The van der Waals surface area contributed by atoms with Crippen molar-refractivity contribution in [2.24, 2.45) is 0 Å². The minimum Gasteiger partial charge on any atom is -0.345 e. The Morgan fingerprint density at radius 2 is 2.13 bits per heavy atom. The summed E-state index contributed by atoms with van der Waals surface area (Å²) in [6.45, 7) is 2.77. The first-order chi connectivity index (χ1) is 11.3. The number of aromatic nitrogens is 2. The number of pyridine rings is 1. The van der Waals surface area contributed by atoms with Gasteiger partial charge in [0.15, 0.2) is 10.8 Å². The maximum absolute atomic E-state index is 13.0. The summed E-state index contributed by atoms with van der Waals surface area (Å²) in [5.74, 6) is -0.186. The van der Waals surface area contributed by atoms with Gasteiger partial charge < -0.3 is 10.2 Å². The number of anilines is 1. The lowest BCUT2D eigenvalue weighted by Gasteiger charge is -2.33. The first-order valence-corrected chi connectivity index (χ1v) is 8.54. The molecule has 0 saturated carbocycles. The highest BCUT2D eigenvalue weighted by Gasteiger charge is 2.22. The summed E-state index contributed by atoms with van der Waals surface area (Å²) in [5.41, 5.74) is 1.97. The molecule has 3 heterocycles. The number of halogens is 1. The average molecular weight is 328 g/mol. The van der Waals surface area contributed by atoms with Gasteiger partial charge in [-0.1, -0.05) is 23.5 Å². The first-order valence-electron chi connectivity index (χ1n) is 7.72. The zero-order chi connectivity index (χ0) is 15.6. The quantitative estimate of drug-likeness (QED) is 0.803. The number of benzene rings is 1. The Bertz CT molecular complexity index is 769. The van der Waals surface area contributed by atoms with E-state index in [1.807, 2.05) is 18.2 Å². The number of thiazole rings is 1. The molecule has 1 atom stereocenters. The van der Waals surface area contributed by atoms with Gasteiger partial charge in [-0.05, 0) is 36.2 Å². The second kappa shape index (κ2) is 6.22. The highest BCUT2D eigenvalue weighted by molar-refractivity contribution is 7.22. The highest BCUT2D eigenvalue weighted by atomic mass is 32.1. The SMILES string of the molecule is Fc1ccc(CC2CN(c3nc4ncccc4s3)CCN2)cc1. The Kier molecular flexibility index (Phi) is 3.93. The predicted molar refractivity (Wildman–Crippen MR) is 91.5 cm³/mol. The minimum absolute atomic E-state index is 0.186. The lowest BCUT2D eigenvalue weighted by molar-refractivity contribution is 0.454. The molecule has 3 aromatic rings. The van der Waals surface area contributed by atoms with E-state index in [-0.39, 0.29) is 5.82 Å². The molecular weight excluding hydrogens is 311 g/mol. The lowest BCUT2D eigenvalue weighted by atomic mass is 10.0. The monoisotopic (exact) mass is 328 g/mol. The lowest BCUT2D eigenvalue weighted by Crippen LogP contribution is -2.51. The molecule has 1 aliphatic rings. The van der Waals surface area contributed by atoms with Crippen LogP contribution in [-0.2, 0) is 6.42 Å². The number of nitrogens with zero attached hydrogens (tertiary/aromatic N) is 3. The summed E-state index contributed by atoms with van der Waals surface area (Å²) < 4.78 is 14.1. The third kappa shape index (κ3) is 3.18. The zero-order valence-corrected chi connectivity index (χ0v) is 13.4. The van der Waals surface area contributed by atoms with Crippen LogP contribution in [0.15, 0.2) is 42.6 Å². The predicted octanol–water partition coefficient (Wildman–Crippen LogP) is 2.85. The molecule has 1 aliphatic heterocycles. The molecule has 4 nitrogen and oxygen atoms in total. The van der Waals surface area contributed by atoms with Crippen LogP contribution in [0.5, 0.6) is 0 Å². The number of rotatable bonds is 3. The van der Waals surface area contributed by atoms with Gasteiger partial charge in [0.25, 0.3) is 0 Å². The molecule has 6 heteroatoms. The number of hydrogen-bond donors (Lipinski definition) is 1. The van der Waals surface area contributed by atoms with E-state index in [1.165, 1.54) is 12.1 Å². The Hall–Kier alpha value is -2.05. The molecule has 1 fully saturated rings. The van der Waals surface area contributed by atoms with E-state index in [1.54, 1.807) is 17.5 Å². The van der Waals surface area contributed by atoms with Crippen molar-refractivity contribution >= 4 is 26.8 Å². The number of fused-ring (bicyclic) bond motifs is 1. The second-order valence-electron chi connectivity index (χ2n) is 5.75. The van der Waals surface area contributed by atoms with Crippen LogP contribution >= 0.6 is 11.3 Å². The molecule has 1 unspecified atom stereocenters. The summed E-state index contributed by atoms with van der Waals surface area (Å²) in [4.78, 5) is 11.3. The van der Waals surface area contributed by atoms with Gasteiger partial charge in [-0.15, -0.1) is 0 Å². The van der Waals surface area contributed by atoms with Crippen LogP contribution in [0.25, 0.3) is 10.3 Å². The first kappa shape index (κ1) is 14.5. The molecule has 23 heavy (non-hydrogen) atoms. The summed E-state index contributed by atoms with van der Waals surface area (Å²) >= 11 is 1.69. The fourth-order valence-electron chi connectivity index (χ4n) is 2.93. The minimum atomic E-state index is -0.186. The van der Waals surface area contributed by atoms with Crippen LogP contribution in [0.1, 0.15) is 5.56 Å². The van der Waals surface area contributed by atoms with E-state index in [9.17, 15) is 4.39 Å². The van der Waals surface area contributed by atoms with Gasteiger partial charge in [0.1, 0.15) is 5.82 Å². The summed E-state index contributed by atoms with van der Waals surface area (Å²) in [6, 6.07) is 11.1. The number of nitrogens with one attached hydrogen (secondary N) is 1. The molecule has 2 aromatic heterocycles. The molecule has 118 valence electrons. The third-order valence-corrected chi connectivity index (χ3v) is 5.15. The van der Waals surface area contributed by atoms with Crippen LogP contribution in [0.4, 0.5) is 9.52 Å². The van der Waals surface area contributed by atoms with Crippen LogP contribution in [0, 0.1) is 5.82 Å². The zero-order valence-electron chi connectivity index (χ0n) is 12.6. The fraction of sp³-hybridized carbons (Fsp3) is 0.294. The van der Waals surface area contributed by atoms with E-state index >= 15 is 0 Å². The van der Waals surface area contributed by atoms with Gasteiger partial charge >= 0.3 is 0 Å². The number of hydrogen-bond acceptors (Lipinski definition) is 5. The third-order valence-electron chi connectivity index (χ3n) is 4.08. The fourth-order valence-corrected chi connectivity index (χ4v) is 3.89. The van der Waals surface area contributed by atoms with Gasteiger partial charge in [-0.3, -0.25) is 0 Å². The van der Waals surface area contributed by atoms with Crippen molar-refractivity contribution in [2.75, 3.05) is 24.5 Å². The van der Waals surface area contributed by atoms with Crippen molar-refractivity contribution in [3.63, 3.8) is 0 Å². The van der Waals surface area contributed by atoms with Gasteiger partial charge in [-0.25, -0.2) is 9.37 Å². The molecule has 1 N–H and O–H groups in total. The van der Waals surface area contributed by atoms with Gasteiger partial charge in [0.2, 0.25) is 0 Å². The van der Waals surface area contributed by atoms with Crippen LogP contribution < -0.4 is 10.2 Å². The van der Waals surface area contributed by atoms with Gasteiger partial charge in [-0.2, -0.15) is 4.98 Å². The normalized spacial score (nSPS) is 18.5. The van der Waals surface area contributed by atoms with Crippen molar-refractivity contribution < 1.29 is 4.39 Å². The van der Waals surface area contributed by atoms with Crippen molar-refractivity contribution in [1.82, 2.24) is 15.3 Å². The summed E-state index contributed by atoms with van der Waals surface area (Å²) in [7, 11) is 0. The van der Waals surface area contributed by atoms with Crippen molar-refractivity contribution in [1.29, 1.82) is 0 Å². The van der Waals surface area contributed by atoms with E-state index in [4.69, 9.17) is 0 Å². The molecule has 0 bridgehead atoms. The standard InChI is InChI=1S/C17H17FN4S/c18-13-5-3-12(4-6-13)10-14-11-22(9-8-19-14)17-21-16-15(23-17)2-1-7-20-16/h1-7,14,19H,8-11H2. The maximum Gasteiger partial charge on any atom is 0.188 e. The summed E-state index contributed by atoms with van der Waals surface area (Å²) in [5, 5.41) is 4.57. The van der Waals surface area contributed by atoms with Crippen molar-refractivity contribution in [3.05, 3.63) is 54.0 Å². The Morgan fingerprint density at radius 3 is 2.96 bits per heavy atom. The van der Waals surface area contributed by atoms with E-state index in [0.29, 0.717) is 6.04 Å². The molecular formula is C17H17FN4S. The molecule has 1 aromatic carbocycles. The molecule has 0 spiro atoms. The van der Waals surface area contributed by atoms with Crippen molar-refractivity contribution in [3.8, 4) is 0 Å². The van der Waals surface area contributed by atoms with Crippen LogP contribution in [0.3, 0.4) is 0 Å². The Morgan fingerprint density at radius 1 is 1.26 bits per heavy atom. The largest absolute Gasteiger partial charge is 0.345 e. The smallest absolute Gasteiger partial charge is 0.188 e. The van der Waals surface area contributed by atoms with E-state index in [0.717, 1.165) is 47.1 Å². The van der Waals surface area contributed by atoms with Crippen molar-refractivity contribution in [2.45, 2.75) is 12.5 Å². The van der Waals surface area contributed by atoms with Crippen LogP contribution in [0.2, 0.25) is 0 Å². The molecule has 1 saturated heterocycles. The maximum atomic E-state index is 13.0. The number of piperazine rings is 1. The average Bonchev–Trinajstić information content (AvgIpc) is 3.01. The Labute approximate surface area is 138 Å². The highest BCUT2D eigenvalue weighted by Crippen LogP contribution is 2.28. The van der Waals surface area contributed by atoms with E-state index < -0.39 is 0 Å². The molecule has 0 radical (unpaired) electrons. The van der Waals surface area contributed by atoms with Gasteiger partial charge in [0.05, 0.1) is 4.70 Å².